The first-order valence-corrected chi connectivity index (χ1v) is 11.6. The summed E-state index contributed by atoms with van der Waals surface area (Å²) in [4.78, 5) is 24.0. The van der Waals surface area contributed by atoms with Gasteiger partial charge >= 0.3 is 12.1 Å². The lowest BCUT2D eigenvalue weighted by Gasteiger charge is -2.17. The van der Waals surface area contributed by atoms with E-state index in [1.165, 1.54) is 11.8 Å². The van der Waals surface area contributed by atoms with Crippen LogP contribution in [0.5, 0.6) is 0 Å². The van der Waals surface area contributed by atoms with Gasteiger partial charge in [0.2, 0.25) is 0 Å². The fourth-order valence-corrected chi connectivity index (χ4v) is 4.80. The highest BCUT2D eigenvalue weighted by molar-refractivity contribution is 7.98. The minimum atomic E-state index is -1.13. The number of hydrogen-bond donors (Lipinski definition) is 2. The van der Waals surface area contributed by atoms with E-state index in [4.69, 9.17) is 14.0 Å². The average Bonchev–Trinajstić information content (AvgIpc) is 3.39. The van der Waals surface area contributed by atoms with Gasteiger partial charge in [0.25, 0.3) is 0 Å². The number of carbonyl (C=O) groups excluding carboxylic acids is 1. The van der Waals surface area contributed by atoms with E-state index in [1.807, 2.05) is 36.4 Å². The second kappa shape index (κ2) is 10.5. The fraction of sp³-hybridized carbons (Fsp3) is 0.292. The highest BCUT2D eigenvalue weighted by atomic mass is 32.2. The van der Waals surface area contributed by atoms with Crippen molar-refractivity contribution in [2.24, 2.45) is 0 Å². The smallest absolute Gasteiger partial charge is 0.407 e. The molecule has 1 atom stereocenters. The number of carbonyl (C=O) groups is 2. The van der Waals surface area contributed by atoms with Crippen LogP contribution in [0.25, 0.3) is 11.1 Å². The van der Waals surface area contributed by atoms with Crippen LogP contribution in [0.4, 0.5) is 4.79 Å². The Bertz CT molecular complexity index is 1090. The van der Waals surface area contributed by atoms with Crippen LogP contribution in [0.1, 0.15) is 28.5 Å². The van der Waals surface area contributed by atoms with Crippen LogP contribution in [0, 0.1) is 0 Å². The molecule has 0 fully saturated rings. The average molecular weight is 469 g/mol. The molecule has 9 heteroatoms. The van der Waals surface area contributed by atoms with Crippen LogP contribution in [0.3, 0.4) is 0 Å². The van der Waals surface area contributed by atoms with Gasteiger partial charge in [-0.2, -0.15) is 11.8 Å². The van der Waals surface area contributed by atoms with E-state index in [1.54, 1.807) is 13.2 Å². The number of amides is 1. The van der Waals surface area contributed by atoms with E-state index in [-0.39, 0.29) is 18.3 Å². The molecule has 1 aliphatic carbocycles. The van der Waals surface area contributed by atoms with Crippen molar-refractivity contribution in [3.8, 4) is 11.1 Å². The second-order valence-electron chi connectivity index (χ2n) is 7.59. The summed E-state index contributed by atoms with van der Waals surface area (Å²) in [5.74, 6) is -0.0137. The number of hydrogen-bond acceptors (Lipinski definition) is 7. The molecule has 4 rings (SSSR count). The van der Waals surface area contributed by atoms with Gasteiger partial charge in [-0.05, 0) is 22.3 Å². The van der Waals surface area contributed by atoms with E-state index >= 15 is 0 Å². The normalized spacial score (nSPS) is 13.2. The monoisotopic (exact) mass is 468 g/mol. The lowest BCUT2D eigenvalue weighted by atomic mass is 9.98. The zero-order chi connectivity index (χ0) is 23.2. The summed E-state index contributed by atoms with van der Waals surface area (Å²) in [6.45, 7) is 0.444. The summed E-state index contributed by atoms with van der Waals surface area (Å²) in [6, 6.07) is 16.7. The van der Waals surface area contributed by atoms with Crippen molar-refractivity contribution in [1.82, 2.24) is 10.5 Å². The Morgan fingerprint density at radius 2 is 1.82 bits per heavy atom. The highest BCUT2D eigenvalue weighted by Crippen LogP contribution is 2.44. The van der Waals surface area contributed by atoms with Crippen LogP contribution < -0.4 is 5.32 Å². The highest BCUT2D eigenvalue weighted by Gasteiger charge is 2.29. The molecule has 1 unspecified atom stereocenters. The van der Waals surface area contributed by atoms with Gasteiger partial charge in [-0.15, -0.1) is 0 Å². The molecule has 1 aliphatic rings. The van der Waals surface area contributed by atoms with Crippen LogP contribution >= 0.6 is 11.8 Å². The number of carboxylic acids is 1. The fourth-order valence-electron chi connectivity index (χ4n) is 3.87. The number of alkyl carbamates (subject to hydrolysis) is 1. The molecule has 8 nitrogen and oxygen atoms in total. The number of nitrogens with one attached hydrogen (secondary N) is 1. The second-order valence-corrected chi connectivity index (χ2v) is 8.62. The summed E-state index contributed by atoms with van der Waals surface area (Å²) in [5, 5.41) is 15.9. The van der Waals surface area contributed by atoms with Crippen molar-refractivity contribution in [3.63, 3.8) is 0 Å². The van der Waals surface area contributed by atoms with Crippen molar-refractivity contribution < 1.29 is 28.7 Å². The number of ether oxygens (including phenoxy) is 2. The molecule has 2 N–H and O–H groups in total. The molecular weight excluding hydrogens is 444 g/mol. The van der Waals surface area contributed by atoms with E-state index in [0.29, 0.717) is 23.8 Å². The molecule has 0 radical (unpaired) electrons. The van der Waals surface area contributed by atoms with Crippen LogP contribution in [0.15, 0.2) is 59.1 Å². The topological polar surface area (TPSA) is 111 Å². The molecule has 0 aliphatic heterocycles. The third-order valence-corrected chi connectivity index (χ3v) is 6.43. The molecule has 172 valence electrons. The Hall–Kier alpha value is -3.30. The van der Waals surface area contributed by atoms with E-state index in [2.05, 4.69) is 22.6 Å². The zero-order valence-corrected chi connectivity index (χ0v) is 18.8. The molecular formula is C24H24N2O6S. The molecule has 3 aromatic rings. The predicted molar refractivity (Wildman–Crippen MR) is 123 cm³/mol. The number of carboxylic acid groups (broad SMARTS) is 1. The van der Waals surface area contributed by atoms with E-state index in [9.17, 15) is 14.7 Å². The molecule has 1 aromatic heterocycles. The quantitative estimate of drug-likeness (QED) is 0.459. The zero-order valence-electron chi connectivity index (χ0n) is 18.0. The van der Waals surface area contributed by atoms with Crippen LogP contribution in [-0.2, 0) is 26.6 Å². The Kier molecular flexibility index (Phi) is 7.31. The maximum atomic E-state index is 12.4. The Labute approximate surface area is 195 Å². The maximum Gasteiger partial charge on any atom is 0.407 e. The molecule has 1 amide bonds. The number of nitrogens with zero attached hydrogens (tertiary/aromatic N) is 1. The van der Waals surface area contributed by atoms with Gasteiger partial charge in [0, 0.05) is 30.6 Å². The molecule has 0 bridgehead atoms. The number of aliphatic carboxylic acids is 1. The summed E-state index contributed by atoms with van der Waals surface area (Å²) in [5.41, 5.74) is 5.12. The molecule has 0 saturated carbocycles. The van der Waals surface area contributed by atoms with Crippen molar-refractivity contribution in [1.29, 1.82) is 0 Å². The van der Waals surface area contributed by atoms with Gasteiger partial charge < -0.3 is 24.4 Å². The molecule has 0 saturated heterocycles. The van der Waals surface area contributed by atoms with E-state index in [0.717, 1.165) is 22.3 Å². The SMILES string of the molecule is COCc1cc(CSCC(NC(=O)OCC2c3ccccc3-c3ccccc32)C(=O)O)no1. The molecule has 1 heterocycles. The minimum absolute atomic E-state index is 0.0886. The first-order valence-electron chi connectivity index (χ1n) is 10.4. The lowest BCUT2D eigenvalue weighted by molar-refractivity contribution is -0.138. The van der Waals surface area contributed by atoms with Crippen molar-refractivity contribution in [2.45, 2.75) is 24.3 Å². The van der Waals surface area contributed by atoms with Crippen molar-refractivity contribution >= 4 is 23.8 Å². The Morgan fingerprint density at radius 1 is 1.15 bits per heavy atom. The third kappa shape index (κ3) is 5.37. The summed E-state index contributed by atoms with van der Waals surface area (Å²) >= 11 is 1.33. The molecule has 33 heavy (non-hydrogen) atoms. The van der Waals surface area contributed by atoms with Gasteiger partial charge in [-0.25, -0.2) is 9.59 Å². The summed E-state index contributed by atoms with van der Waals surface area (Å²) in [7, 11) is 1.56. The van der Waals surface area contributed by atoms with Gasteiger partial charge in [0.05, 0.1) is 5.69 Å². The largest absolute Gasteiger partial charge is 0.480 e. The van der Waals surface area contributed by atoms with Gasteiger partial charge in [-0.3, -0.25) is 0 Å². The number of methoxy groups -OCH3 is 1. The van der Waals surface area contributed by atoms with Crippen LogP contribution in [0.2, 0.25) is 0 Å². The van der Waals surface area contributed by atoms with Crippen LogP contribution in [-0.4, -0.2) is 47.8 Å². The van der Waals surface area contributed by atoms with Crippen molar-refractivity contribution in [3.05, 3.63) is 77.2 Å². The lowest BCUT2D eigenvalue weighted by Crippen LogP contribution is -2.43. The number of thioether (sulfide) groups is 1. The third-order valence-electron chi connectivity index (χ3n) is 5.36. The Balaban J connectivity index is 1.31. The summed E-state index contributed by atoms with van der Waals surface area (Å²) in [6.07, 6.45) is -0.756. The van der Waals surface area contributed by atoms with Gasteiger partial charge in [0.15, 0.2) is 5.76 Å². The number of rotatable bonds is 10. The molecule has 2 aromatic carbocycles. The molecule has 0 spiro atoms. The predicted octanol–water partition coefficient (Wildman–Crippen LogP) is 4.05. The number of aromatic nitrogens is 1. The van der Waals surface area contributed by atoms with Crippen molar-refractivity contribution in [2.75, 3.05) is 19.5 Å². The standard InChI is InChI=1S/C24H24N2O6S/c1-30-11-16-10-15(26-32-16)13-33-14-22(23(27)28)25-24(29)31-12-21-19-8-4-2-6-17(19)18-7-3-5-9-20(18)21/h2-10,21-22H,11-14H2,1H3,(H,25,29)(H,27,28). The number of benzene rings is 2. The van der Waals surface area contributed by atoms with E-state index < -0.39 is 18.1 Å². The van der Waals surface area contributed by atoms with Gasteiger partial charge in [0.1, 0.15) is 19.3 Å². The Morgan fingerprint density at radius 3 is 2.45 bits per heavy atom. The maximum absolute atomic E-state index is 12.4. The first kappa shape index (κ1) is 22.9. The summed E-state index contributed by atoms with van der Waals surface area (Å²) < 4.78 is 15.5. The van der Waals surface area contributed by atoms with Gasteiger partial charge in [-0.1, -0.05) is 53.7 Å². The first-order chi connectivity index (χ1) is 16.1. The number of fused-ring (bicyclic) bond motifs is 3. The minimum Gasteiger partial charge on any atom is -0.480 e.